The van der Waals surface area contributed by atoms with E-state index in [-0.39, 0.29) is 0 Å². The van der Waals surface area contributed by atoms with Gasteiger partial charge < -0.3 is 16.6 Å². The molecule has 3 atom stereocenters. The maximum Gasteiger partial charge on any atom is 0.313 e. The summed E-state index contributed by atoms with van der Waals surface area (Å²) in [4.78, 5) is 22.7. The molecule has 1 rings (SSSR count). The number of allylic oxidation sites excluding steroid dienone is 2. The Morgan fingerprint density at radius 1 is 1.47 bits per heavy atom. The highest BCUT2D eigenvalue weighted by atomic mass is 16.4. The number of hydrogen-bond acceptors (Lipinski definition) is 4. The predicted octanol–water partition coefficient (Wildman–Crippen LogP) is -0.573. The fraction of sp³-hybridized carbons (Fsp3) is 0.400. The molecule has 5 heteroatoms. The quantitative estimate of drug-likeness (QED) is 0.578. The number of nitrogens with two attached hydrogens (primary N) is 2. The molecule has 0 amide bonds. The van der Waals surface area contributed by atoms with Crippen LogP contribution in [0.3, 0.4) is 0 Å². The molecule has 0 saturated heterocycles. The van der Waals surface area contributed by atoms with Gasteiger partial charge in [-0.3, -0.25) is 9.59 Å². The van der Waals surface area contributed by atoms with Crippen LogP contribution in [-0.2, 0) is 9.59 Å². The smallest absolute Gasteiger partial charge is 0.313 e. The minimum absolute atomic E-state index is 0.476. The third kappa shape index (κ3) is 1.98. The standard InChI is InChI=1S/C10H14N2O3/c1-6(11)8(13)10(12)5-3-2-4-7(10)9(14)15/h2-7H,11-12H2,1H3,(H,14,15)/t6-,7?,10?/m0/s1. The lowest BCUT2D eigenvalue weighted by Gasteiger charge is -2.32. The van der Waals surface area contributed by atoms with Gasteiger partial charge in [0.2, 0.25) is 0 Å². The molecule has 5 N–H and O–H groups in total. The van der Waals surface area contributed by atoms with Gasteiger partial charge in [0.05, 0.1) is 6.04 Å². The highest BCUT2D eigenvalue weighted by Crippen LogP contribution is 2.24. The Morgan fingerprint density at radius 3 is 2.53 bits per heavy atom. The lowest BCUT2D eigenvalue weighted by atomic mass is 9.76. The number of carboxylic acids is 1. The van der Waals surface area contributed by atoms with Crippen molar-refractivity contribution in [3.05, 3.63) is 24.3 Å². The molecule has 0 aromatic carbocycles. The van der Waals surface area contributed by atoms with E-state index in [0.29, 0.717) is 0 Å². The molecule has 15 heavy (non-hydrogen) atoms. The fourth-order valence-corrected chi connectivity index (χ4v) is 1.57. The Labute approximate surface area is 87.4 Å². The second-order valence-electron chi connectivity index (χ2n) is 3.65. The van der Waals surface area contributed by atoms with Crippen LogP contribution in [0.25, 0.3) is 0 Å². The van der Waals surface area contributed by atoms with E-state index in [1.807, 2.05) is 0 Å². The summed E-state index contributed by atoms with van der Waals surface area (Å²) in [5.41, 5.74) is 9.70. The molecule has 2 unspecified atom stereocenters. The largest absolute Gasteiger partial charge is 0.481 e. The second-order valence-corrected chi connectivity index (χ2v) is 3.65. The first kappa shape index (κ1) is 11.6. The summed E-state index contributed by atoms with van der Waals surface area (Å²) in [6.07, 6.45) is 5.89. The first-order valence-corrected chi connectivity index (χ1v) is 4.57. The number of carbonyl (C=O) groups excluding carboxylic acids is 1. The van der Waals surface area contributed by atoms with E-state index in [1.165, 1.54) is 19.1 Å². The summed E-state index contributed by atoms with van der Waals surface area (Å²) in [5.74, 6) is -2.66. The topological polar surface area (TPSA) is 106 Å². The minimum atomic E-state index is -1.53. The van der Waals surface area contributed by atoms with Crippen LogP contribution in [0.2, 0.25) is 0 Å². The predicted molar refractivity (Wildman–Crippen MR) is 55.0 cm³/mol. The molecule has 0 bridgehead atoms. The number of Topliss-reactive ketones (excluding diaryl/α,β-unsaturated/α-hetero) is 1. The van der Waals surface area contributed by atoms with Crippen molar-refractivity contribution >= 4 is 11.8 Å². The number of carbonyl (C=O) groups is 2. The van der Waals surface area contributed by atoms with Gasteiger partial charge in [-0.1, -0.05) is 24.3 Å². The van der Waals surface area contributed by atoms with Crippen molar-refractivity contribution in [2.24, 2.45) is 17.4 Å². The Balaban J connectivity index is 3.09. The molecule has 1 aliphatic rings. The SMILES string of the molecule is C[C@H](N)C(=O)C1(N)C=CC=CC1C(=O)O. The van der Waals surface area contributed by atoms with E-state index in [4.69, 9.17) is 16.6 Å². The molecule has 82 valence electrons. The van der Waals surface area contributed by atoms with Crippen LogP contribution < -0.4 is 11.5 Å². The van der Waals surface area contributed by atoms with Crippen molar-refractivity contribution < 1.29 is 14.7 Å². The van der Waals surface area contributed by atoms with Gasteiger partial charge in [-0.15, -0.1) is 0 Å². The zero-order chi connectivity index (χ0) is 11.6. The summed E-state index contributed by atoms with van der Waals surface area (Å²) in [7, 11) is 0. The van der Waals surface area contributed by atoms with Crippen LogP contribution in [0.5, 0.6) is 0 Å². The third-order valence-corrected chi connectivity index (χ3v) is 2.41. The zero-order valence-electron chi connectivity index (χ0n) is 8.38. The summed E-state index contributed by atoms with van der Waals surface area (Å²) < 4.78 is 0. The van der Waals surface area contributed by atoms with E-state index < -0.39 is 29.3 Å². The highest BCUT2D eigenvalue weighted by Gasteiger charge is 2.44. The average Bonchev–Trinajstić information content (AvgIpc) is 2.16. The van der Waals surface area contributed by atoms with Gasteiger partial charge in [0.1, 0.15) is 11.5 Å². The number of rotatable bonds is 3. The molecular weight excluding hydrogens is 196 g/mol. The maximum atomic E-state index is 11.7. The van der Waals surface area contributed by atoms with E-state index in [1.54, 1.807) is 12.2 Å². The number of aliphatic carboxylic acids is 1. The molecule has 0 radical (unpaired) electrons. The van der Waals surface area contributed by atoms with E-state index in [9.17, 15) is 9.59 Å². The van der Waals surface area contributed by atoms with Gasteiger partial charge in [-0.25, -0.2) is 0 Å². The first-order valence-electron chi connectivity index (χ1n) is 4.57. The molecule has 0 aromatic rings. The Morgan fingerprint density at radius 2 is 2.07 bits per heavy atom. The van der Waals surface area contributed by atoms with Gasteiger partial charge in [0.25, 0.3) is 0 Å². The van der Waals surface area contributed by atoms with Gasteiger partial charge in [0, 0.05) is 0 Å². The molecule has 5 nitrogen and oxygen atoms in total. The van der Waals surface area contributed by atoms with Crippen molar-refractivity contribution in [1.29, 1.82) is 0 Å². The molecule has 0 saturated carbocycles. The Bertz CT molecular complexity index is 347. The second kappa shape index (κ2) is 3.96. The van der Waals surface area contributed by atoms with Crippen LogP contribution in [0, 0.1) is 5.92 Å². The molecule has 0 fully saturated rings. The van der Waals surface area contributed by atoms with Gasteiger partial charge in [-0.2, -0.15) is 0 Å². The van der Waals surface area contributed by atoms with Crippen LogP contribution in [0.15, 0.2) is 24.3 Å². The van der Waals surface area contributed by atoms with Crippen LogP contribution in [-0.4, -0.2) is 28.4 Å². The lowest BCUT2D eigenvalue weighted by Crippen LogP contribution is -2.59. The van der Waals surface area contributed by atoms with Crippen molar-refractivity contribution in [3.63, 3.8) is 0 Å². The Kier molecular flexibility index (Phi) is 3.06. The van der Waals surface area contributed by atoms with Gasteiger partial charge >= 0.3 is 5.97 Å². The maximum absolute atomic E-state index is 11.7. The first-order chi connectivity index (χ1) is 6.89. The van der Waals surface area contributed by atoms with Crippen molar-refractivity contribution in [3.8, 4) is 0 Å². The summed E-state index contributed by atoms with van der Waals surface area (Å²) in [6.45, 7) is 1.49. The highest BCUT2D eigenvalue weighted by molar-refractivity contribution is 5.99. The molecular formula is C10H14N2O3. The zero-order valence-corrected chi connectivity index (χ0v) is 8.38. The summed E-state index contributed by atoms with van der Waals surface area (Å²) in [5, 5.41) is 8.95. The number of hydrogen-bond donors (Lipinski definition) is 3. The van der Waals surface area contributed by atoms with Crippen molar-refractivity contribution in [2.75, 3.05) is 0 Å². The van der Waals surface area contributed by atoms with Crippen molar-refractivity contribution in [2.45, 2.75) is 18.5 Å². The van der Waals surface area contributed by atoms with Crippen LogP contribution in [0.1, 0.15) is 6.92 Å². The lowest BCUT2D eigenvalue weighted by molar-refractivity contribution is -0.144. The number of carboxylic acid groups (broad SMARTS) is 1. The van der Waals surface area contributed by atoms with Gasteiger partial charge in [-0.05, 0) is 6.92 Å². The van der Waals surface area contributed by atoms with Gasteiger partial charge in [0.15, 0.2) is 5.78 Å². The molecule has 0 aliphatic heterocycles. The van der Waals surface area contributed by atoms with Crippen LogP contribution >= 0.6 is 0 Å². The minimum Gasteiger partial charge on any atom is -0.481 e. The normalized spacial score (nSPS) is 31.3. The average molecular weight is 210 g/mol. The monoisotopic (exact) mass is 210 g/mol. The molecule has 0 spiro atoms. The van der Waals surface area contributed by atoms with Crippen LogP contribution in [0.4, 0.5) is 0 Å². The van der Waals surface area contributed by atoms with E-state index in [2.05, 4.69) is 0 Å². The Hall–Kier alpha value is -1.46. The van der Waals surface area contributed by atoms with E-state index >= 15 is 0 Å². The third-order valence-electron chi connectivity index (χ3n) is 2.41. The molecule has 0 heterocycles. The van der Waals surface area contributed by atoms with E-state index in [0.717, 1.165) is 0 Å². The fourth-order valence-electron chi connectivity index (χ4n) is 1.57. The molecule has 1 aliphatic carbocycles. The van der Waals surface area contributed by atoms with Crippen molar-refractivity contribution in [1.82, 2.24) is 0 Å². The number of ketones is 1. The molecule has 0 aromatic heterocycles. The summed E-state index contributed by atoms with van der Waals surface area (Å²) in [6, 6.07) is -0.784. The summed E-state index contributed by atoms with van der Waals surface area (Å²) >= 11 is 0.